The van der Waals surface area contributed by atoms with Crippen molar-refractivity contribution in [2.45, 2.75) is 16.8 Å². The van der Waals surface area contributed by atoms with E-state index in [1.54, 1.807) is 13.1 Å². The van der Waals surface area contributed by atoms with E-state index in [1.807, 2.05) is 42.5 Å². The minimum atomic E-state index is -0.185. The highest BCUT2D eigenvalue weighted by molar-refractivity contribution is 7.99. The van der Waals surface area contributed by atoms with E-state index in [9.17, 15) is 4.79 Å². The van der Waals surface area contributed by atoms with Gasteiger partial charge >= 0.3 is 0 Å². The predicted octanol–water partition coefficient (Wildman–Crippen LogP) is 4.72. The number of nitrogens with one attached hydrogen (secondary N) is 2. The van der Waals surface area contributed by atoms with E-state index in [1.165, 1.54) is 17.4 Å². The first-order valence-corrected chi connectivity index (χ1v) is 11.2. The number of rotatable bonds is 7. The van der Waals surface area contributed by atoms with Crippen molar-refractivity contribution in [2.75, 3.05) is 41.8 Å². The summed E-state index contributed by atoms with van der Waals surface area (Å²) in [6, 6.07) is 17.7. The zero-order chi connectivity index (χ0) is 22.3. The number of hydrogen-bond donors (Lipinski definition) is 2. The number of nitrogens with zero attached hydrogens (tertiary/aromatic N) is 3. The minimum absolute atomic E-state index is 0.185. The van der Waals surface area contributed by atoms with Crippen LogP contribution in [0.1, 0.15) is 6.92 Å². The molecular weight excluding hydrogens is 422 g/mol. The molecule has 1 aliphatic heterocycles. The summed E-state index contributed by atoms with van der Waals surface area (Å²) >= 11 is 1.53. The Kier molecular flexibility index (Phi) is 7.03. The van der Waals surface area contributed by atoms with Crippen molar-refractivity contribution in [1.82, 2.24) is 9.97 Å². The fourth-order valence-corrected chi connectivity index (χ4v) is 3.90. The van der Waals surface area contributed by atoms with Crippen LogP contribution >= 0.6 is 11.8 Å². The van der Waals surface area contributed by atoms with E-state index in [2.05, 4.69) is 44.2 Å². The number of benzene rings is 2. The van der Waals surface area contributed by atoms with E-state index in [0.717, 1.165) is 47.6 Å². The van der Waals surface area contributed by atoms with E-state index in [0.29, 0.717) is 11.5 Å². The molecule has 2 aromatic carbocycles. The third-order valence-electron chi connectivity index (χ3n) is 4.85. The highest BCUT2D eigenvalue weighted by atomic mass is 32.2. The first-order valence-electron chi connectivity index (χ1n) is 10.3. The standard InChI is InChI=1S/C24H25N5O2S/c1-17(2)23(30)26-18-5-9-21(10-6-18)32-22-11-12-25-24(28-22)27-19-3-7-20(8-4-19)29-13-15-31-16-14-29/h3-12H,1,13-16H2,2H3,(H,26,30)(H,25,27,28). The molecule has 1 aliphatic rings. The van der Waals surface area contributed by atoms with Crippen LogP contribution in [0.25, 0.3) is 0 Å². The van der Waals surface area contributed by atoms with E-state index in [4.69, 9.17) is 4.74 Å². The smallest absolute Gasteiger partial charge is 0.250 e. The second-order valence-corrected chi connectivity index (χ2v) is 8.44. The Morgan fingerprint density at radius 3 is 2.41 bits per heavy atom. The molecule has 0 atom stereocenters. The van der Waals surface area contributed by atoms with Gasteiger partial charge in [0.1, 0.15) is 5.03 Å². The van der Waals surface area contributed by atoms with Crippen LogP contribution in [0, 0.1) is 0 Å². The van der Waals surface area contributed by atoms with Crippen molar-refractivity contribution in [3.8, 4) is 0 Å². The summed E-state index contributed by atoms with van der Waals surface area (Å²) in [5.41, 5.74) is 3.32. The van der Waals surface area contributed by atoms with E-state index in [-0.39, 0.29) is 5.91 Å². The van der Waals surface area contributed by atoms with Crippen molar-refractivity contribution >= 4 is 40.7 Å². The summed E-state index contributed by atoms with van der Waals surface area (Å²) in [5.74, 6) is 0.356. The zero-order valence-electron chi connectivity index (χ0n) is 17.9. The van der Waals surface area contributed by atoms with Crippen LogP contribution in [-0.4, -0.2) is 42.2 Å². The van der Waals surface area contributed by atoms with Gasteiger partial charge in [0.05, 0.1) is 13.2 Å². The molecule has 2 heterocycles. The molecule has 2 N–H and O–H groups in total. The third-order valence-corrected chi connectivity index (χ3v) is 5.80. The second kappa shape index (κ2) is 10.3. The number of amides is 1. The summed E-state index contributed by atoms with van der Waals surface area (Å²) in [6.07, 6.45) is 1.74. The van der Waals surface area contributed by atoms with Crippen LogP contribution in [0.2, 0.25) is 0 Å². The van der Waals surface area contributed by atoms with Crippen molar-refractivity contribution in [2.24, 2.45) is 0 Å². The molecule has 1 fully saturated rings. The molecule has 0 radical (unpaired) electrons. The molecule has 7 nitrogen and oxygen atoms in total. The molecule has 0 aliphatic carbocycles. The van der Waals surface area contributed by atoms with Crippen LogP contribution in [-0.2, 0) is 9.53 Å². The highest BCUT2D eigenvalue weighted by Gasteiger charge is 2.11. The number of carbonyl (C=O) groups is 1. The van der Waals surface area contributed by atoms with Crippen LogP contribution in [0.3, 0.4) is 0 Å². The molecule has 0 saturated carbocycles. The Hall–Kier alpha value is -3.36. The van der Waals surface area contributed by atoms with E-state index >= 15 is 0 Å². The molecule has 1 aromatic heterocycles. The lowest BCUT2D eigenvalue weighted by Crippen LogP contribution is -2.36. The predicted molar refractivity (Wildman–Crippen MR) is 129 cm³/mol. The Bertz CT molecular complexity index is 1080. The lowest BCUT2D eigenvalue weighted by Gasteiger charge is -2.28. The van der Waals surface area contributed by atoms with Gasteiger partial charge in [-0.15, -0.1) is 0 Å². The molecule has 8 heteroatoms. The van der Waals surface area contributed by atoms with Crippen molar-refractivity contribution in [3.63, 3.8) is 0 Å². The monoisotopic (exact) mass is 447 g/mol. The molecule has 32 heavy (non-hydrogen) atoms. The van der Waals surface area contributed by atoms with Gasteiger partial charge in [0.2, 0.25) is 5.95 Å². The van der Waals surface area contributed by atoms with Crippen LogP contribution in [0.5, 0.6) is 0 Å². The molecule has 4 rings (SSSR count). The van der Waals surface area contributed by atoms with Crippen molar-refractivity contribution in [1.29, 1.82) is 0 Å². The first kappa shape index (κ1) is 21.9. The highest BCUT2D eigenvalue weighted by Crippen LogP contribution is 2.28. The number of hydrogen-bond acceptors (Lipinski definition) is 7. The quantitative estimate of drug-likeness (QED) is 0.401. The van der Waals surface area contributed by atoms with Crippen molar-refractivity contribution in [3.05, 3.63) is 72.9 Å². The van der Waals surface area contributed by atoms with Gasteiger partial charge in [-0.3, -0.25) is 4.79 Å². The summed E-state index contributed by atoms with van der Waals surface area (Å²) in [4.78, 5) is 24.0. The van der Waals surface area contributed by atoms with Gasteiger partial charge in [-0.25, -0.2) is 9.97 Å². The SMILES string of the molecule is C=C(C)C(=O)Nc1ccc(Sc2ccnc(Nc3ccc(N4CCOCC4)cc3)n2)cc1. The van der Waals surface area contributed by atoms with Crippen LogP contribution in [0.15, 0.2) is 82.9 Å². The average molecular weight is 448 g/mol. The second-order valence-electron chi connectivity index (χ2n) is 7.35. The largest absolute Gasteiger partial charge is 0.378 e. The Labute approximate surface area is 191 Å². The molecular formula is C24H25N5O2S. The number of morpholine rings is 1. The molecule has 0 bridgehead atoms. The summed E-state index contributed by atoms with van der Waals surface area (Å²) in [6.45, 7) is 8.69. The summed E-state index contributed by atoms with van der Waals surface area (Å²) < 4.78 is 5.41. The summed E-state index contributed by atoms with van der Waals surface area (Å²) in [7, 11) is 0. The Balaban J connectivity index is 1.37. The van der Waals surface area contributed by atoms with Gasteiger partial charge in [0.25, 0.3) is 5.91 Å². The molecule has 1 amide bonds. The average Bonchev–Trinajstić information content (AvgIpc) is 2.81. The topological polar surface area (TPSA) is 79.4 Å². The fourth-order valence-electron chi connectivity index (χ4n) is 3.13. The van der Waals surface area contributed by atoms with Gasteiger partial charge in [-0.2, -0.15) is 0 Å². The van der Waals surface area contributed by atoms with Crippen LogP contribution in [0.4, 0.5) is 23.0 Å². The maximum Gasteiger partial charge on any atom is 0.250 e. The number of ether oxygens (including phenoxy) is 1. The van der Waals surface area contributed by atoms with Gasteiger partial charge in [-0.1, -0.05) is 18.3 Å². The fraction of sp³-hybridized carbons (Fsp3) is 0.208. The third kappa shape index (κ3) is 5.87. The van der Waals surface area contributed by atoms with Gasteiger partial charge in [0, 0.05) is 46.8 Å². The lowest BCUT2D eigenvalue weighted by atomic mass is 10.2. The van der Waals surface area contributed by atoms with E-state index < -0.39 is 0 Å². The van der Waals surface area contributed by atoms with Crippen molar-refractivity contribution < 1.29 is 9.53 Å². The first-order chi connectivity index (χ1) is 15.6. The molecule has 3 aromatic rings. The number of anilines is 4. The molecule has 164 valence electrons. The maximum atomic E-state index is 11.7. The van der Waals surface area contributed by atoms with Gasteiger partial charge < -0.3 is 20.3 Å². The molecule has 0 unspecified atom stereocenters. The Morgan fingerprint density at radius 2 is 1.72 bits per heavy atom. The number of aromatic nitrogens is 2. The number of carbonyl (C=O) groups excluding carboxylic acids is 1. The molecule has 1 saturated heterocycles. The van der Waals surface area contributed by atoms with Gasteiger partial charge in [0.15, 0.2) is 0 Å². The summed E-state index contributed by atoms with van der Waals surface area (Å²) in [5, 5.41) is 6.89. The van der Waals surface area contributed by atoms with Gasteiger partial charge in [-0.05, 0) is 61.5 Å². The lowest BCUT2D eigenvalue weighted by molar-refractivity contribution is -0.112. The van der Waals surface area contributed by atoms with Crippen LogP contribution < -0.4 is 15.5 Å². The minimum Gasteiger partial charge on any atom is -0.378 e. The normalized spacial score (nSPS) is 13.5. The maximum absolute atomic E-state index is 11.7. The molecule has 0 spiro atoms. The Morgan fingerprint density at radius 1 is 1.03 bits per heavy atom. The zero-order valence-corrected chi connectivity index (χ0v) is 18.7.